The van der Waals surface area contributed by atoms with E-state index in [1.165, 1.54) is 13.2 Å². The SMILES string of the molecule is COc1ccc(OCC(=O)Nc2ccc(F)c([N+](=O)[O-])c2)cc1. The Kier molecular flexibility index (Phi) is 5.08. The molecule has 0 aliphatic carbocycles. The summed E-state index contributed by atoms with van der Waals surface area (Å²) in [6.45, 7) is -0.294. The van der Waals surface area contributed by atoms with Crippen LogP contribution in [-0.4, -0.2) is 24.5 Å². The highest BCUT2D eigenvalue weighted by Crippen LogP contribution is 2.21. The minimum atomic E-state index is -0.970. The number of nitro groups is 1. The summed E-state index contributed by atoms with van der Waals surface area (Å²) >= 11 is 0. The summed E-state index contributed by atoms with van der Waals surface area (Å²) in [4.78, 5) is 21.5. The zero-order valence-corrected chi connectivity index (χ0v) is 12.1. The van der Waals surface area contributed by atoms with Crippen molar-refractivity contribution >= 4 is 17.3 Å². The zero-order valence-electron chi connectivity index (χ0n) is 12.1. The van der Waals surface area contributed by atoms with Gasteiger partial charge in [0.25, 0.3) is 5.91 Å². The van der Waals surface area contributed by atoms with E-state index in [1.807, 2.05) is 0 Å². The molecule has 0 fully saturated rings. The molecule has 0 aromatic heterocycles. The van der Waals surface area contributed by atoms with E-state index < -0.39 is 22.3 Å². The molecule has 2 aromatic carbocycles. The lowest BCUT2D eigenvalue weighted by Gasteiger charge is -2.08. The molecule has 1 amide bonds. The van der Waals surface area contributed by atoms with Crippen LogP contribution in [0.5, 0.6) is 11.5 Å². The highest BCUT2D eigenvalue weighted by Gasteiger charge is 2.15. The fraction of sp³-hybridized carbons (Fsp3) is 0.133. The average molecular weight is 320 g/mol. The number of amides is 1. The molecule has 0 atom stereocenters. The largest absolute Gasteiger partial charge is 0.497 e. The van der Waals surface area contributed by atoms with Gasteiger partial charge >= 0.3 is 5.69 Å². The van der Waals surface area contributed by atoms with E-state index in [2.05, 4.69) is 5.32 Å². The van der Waals surface area contributed by atoms with Gasteiger partial charge in [0.1, 0.15) is 11.5 Å². The molecule has 7 nitrogen and oxygen atoms in total. The summed E-state index contributed by atoms with van der Waals surface area (Å²) in [5.41, 5.74) is -0.597. The number of nitro benzene ring substituents is 1. The van der Waals surface area contributed by atoms with Crippen molar-refractivity contribution in [3.8, 4) is 11.5 Å². The molecule has 2 aromatic rings. The lowest BCUT2D eigenvalue weighted by Crippen LogP contribution is -2.20. The first-order valence-electron chi connectivity index (χ1n) is 6.50. The first-order chi connectivity index (χ1) is 11.0. The average Bonchev–Trinajstić information content (AvgIpc) is 2.55. The number of nitrogens with one attached hydrogen (secondary N) is 1. The predicted molar refractivity (Wildman–Crippen MR) is 80.2 cm³/mol. The van der Waals surface area contributed by atoms with E-state index in [0.29, 0.717) is 11.5 Å². The number of hydrogen-bond donors (Lipinski definition) is 1. The van der Waals surface area contributed by atoms with Gasteiger partial charge in [-0.05, 0) is 36.4 Å². The number of anilines is 1. The lowest BCUT2D eigenvalue weighted by atomic mass is 10.2. The van der Waals surface area contributed by atoms with Crippen LogP contribution in [0, 0.1) is 15.9 Å². The molecule has 0 spiro atoms. The van der Waals surface area contributed by atoms with Crippen LogP contribution in [0.25, 0.3) is 0 Å². The van der Waals surface area contributed by atoms with Gasteiger partial charge in [-0.25, -0.2) is 0 Å². The van der Waals surface area contributed by atoms with Crippen LogP contribution in [-0.2, 0) is 4.79 Å². The summed E-state index contributed by atoms with van der Waals surface area (Å²) in [5.74, 6) is -0.379. The van der Waals surface area contributed by atoms with Gasteiger partial charge in [-0.1, -0.05) is 0 Å². The van der Waals surface area contributed by atoms with Crippen molar-refractivity contribution in [1.29, 1.82) is 0 Å². The first-order valence-corrected chi connectivity index (χ1v) is 6.50. The van der Waals surface area contributed by atoms with Crippen molar-refractivity contribution in [3.05, 3.63) is 58.4 Å². The first kappa shape index (κ1) is 16.2. The standard InChI is InChI=1S/C15H13FN2O5/c1-22-11-3-5-12(6-4-11)23-9-15(19)17-10-2-7-13(16)14(8-10)18(20)21/h2-8H,9H2,1H3,(H,17,19). The number of hydrogen-bond acceptors (Lipinski definition) is 5. The molecule has 0 saturated carbocycles. The number of carbonyl (C=O) groups is 1. The third-order valence-electron chi connectivity index (χ3n) is 2.86. The van der Waals surface area contributed by atoms with Gasteiger partial charge in [0.2, 0.25) is 5.82 Å². The van der Waals surface area contributed by atoms with Crippen molar-refractivity contribution in [2.45, 2.75) is 0 Å². The second-order valence-corrected chi connectivity index (χ2v) is 4.44. The number of ether oxygens (including phenoxy) is 2. The van der Waals surface area contributed by atoms with Crippen LogP contribution in [0.4, 0.5) is 15.8 Å². The van der Waals surface area contributed by atoms with Crippen molar-refractivity contribution in [2.75, 3.05) is 19.0 Å². The molecular weight excluding hydrogens is 307 g/mol. The molecule has 0 heterocycles. The maximum atomic E-state index is 13.2. The van der Waals surface area contributed by atoms with E-state index in [4.69, 9.17) is 9.47 Å². The molecule has 120 valence electrons. The third-order valence-corrected chi connectivity index (χ3v) is 2.86. The minimum Gasteiger partial charge on any atom is -0.497 e. The van der Waals surface area contributed by atoms with Crippen molar-refractivity contribution < 1.29 is 23.6 Å². The van der Waals surface area contributed by atoms with Crippen LogP contribution in [0.1, 0.15) is 0 Å². The normalized spacial score (nSPS) is 10.0. The highest BCUT2D eigenvalue weighted by molar-refractivity contribution is 5.92. The highest BCUT2D eigenvalue weighted by atomic mass is 19.1. The van der Waals surface area contributed by atoms with Crippen molar-refractivity contribution in [3.63, 3.8) is 0 Å². The molecule has 23 heavy (non-hydrogen) atoms. The Morgan fingerprint density at radius 1 is 1.22 bits per heavy atom. The van der Waals surface area contributed by atoms with Gasteiger partial charge in [0, 0.05) is 11.8 Å². The van der Waals surface area contributed by atoms with Crippen LogP contribution in [0.15, 0.2) is 42.5 Å². The minimum absolute atomic E-state index is 0.112. The summed E-state index contributed by atoms with van der Waals surface area (Å²) < 4.78 is 23.5. The second-order valence-electron chi connectivity index (χ2n) is 4.44. The van der Waals surface area contributed by atoms with E-state index in [1.54, 1.807) is 24.3 Å². The Morgan fingerprint density at radius 2 is 1.87 bits per heavy atom. The zero-order chi connectivity index (χ0) is 16.8. The monoisotopic (exact) mass is 320 g/mol. The Labute approximate surface area is 130 Å². The van der Waals surface area contributed by atoms with E-state index in [9.17, 15) is 19.3 Å². The van der Waals surface area contributed by atoms with Gasteiger partial charge < -0.3 is 14.8 Å². The fourth-order valence-electron chi connectivity index (χ4n) is 1.75. The maximum Gasteiger partial charge on any atom is 0.306 e. The molecule has 0 bridgehead atoms. The van der Waals surface area contributed by atoms with Gasteiger partial charge in [-0.15, -0.1) is 0 Å². The quantitative estimate of drug-likeness (QED) is 0.653. The second kappa shape index (κ2) is 7.21. The predicted octanol–water partition coefficient (Wildman–Crippen LogP) is 2.76. The Bertz CT molecular complexity index is 718. The van der Waals surface area contributed by atoms with E-state index in [-0.39, 0.29) is 12.3 Å². The van der Waals surface area contributed by atoms with Crippen molar-refractivity contribution in [2.24, 2.45) is 0 Å². The number of carbonyl (C=O) groups excluding carboxylic acids is 1. The van der Waals surface area contributed by atoms with Gasteiger partial charge in [-0.2, -0.15) is 4.39 Å². The smallest absolute Gasteiger partial charge is 0.306 e. The summed E-state index contributed by atoms with van der Waals surface area (Å²) in [5, 5.41) is 13.0. The molecule has 0 radical (unpaired) electrons. The molecule has 0 aliphatic rings. The molecule has 8 heteroatoms. The molecule has 1 N–H and O–H groups in total. The van der Waals surface area contributed by atoms with Crippen LogP contribution < -0.4 is 14.8 Å². The summed E-state index contributed by atoms with van der Waals surface area (Å²) in [7, 11) is 1.53. The molecule has 0 saturated heterocycles. The summed E-state index contributed by atoms with van der Waals surface area (Å²) in [6.07, 6.45) is 0. The molecule has 0 aliphatic heterocycles. The van der Waals surface area contributed by atoms with Gasteiger partial charge in [-0.3, -0.25) is 14.9 Å². The number of methoxy groups -OCH3 is 1. The van der Waals surface area contributed by atoms with Crippen LogP contribution in [0.3, 0.4) is 0 Å². The number of rotatable bonds is 6. The lowest BCUT2D eigenvalue weighted by molar-refractivity contribution is -0.387. The van der Waals surface area contributed by atoms with Gasteiger partial charge in [0.05, 0.1) is 12.0 Å². The van der Waals surface area contributed by atoms with E-state index >= 15 is 0 Å². The van der Waals surface area contributed by atoms with E-state index in [0.717, 1.165) is 12.1 Å². The Balaban J connectivity index is 1.94. The third kappa shape index (κ3) is 4.40. The number of halogens is 1. The molecule has 0 unspecified atom stereocenters. The summed E-state index contributed by atoms with van der Waals surface area (Å²) in [6, 6.07) is 9.71. The molecular formula is C15H13FN2O5. The Morgan fingerprint density at radius 3 is 2.48 bits per heavy atom. The molecule has 2 rings (SSSR count). The van der Waals surface area contributed by atoms with Crippen molar-refractivity contribution in [1.82, 2.24) is 0 Å². The van der Waals surface area contributed by atoms with Crippen LogP contribution >= 0.6 is 0 Å². The van der Waals surface area contributed by atoms with Gasteiger partial charge in [0.15, 0.2) is 6.61 Å². The number of nitrogens with zero attached hydrogens (tertiary/aromatic N) is 1. The fourth-order valence-corrected chi connectivity index (χ4v) is 1.75. The Hall–Kier alpha value is -3.16. The maximum absolute atomic E-state index is 13.2. The van der Waals surface area contributed by atoms with Crippen LogP contribution in [0.2, 0.25) is 0 Å². The topological polar surface area (TPSA) is 90.7 Å². The number of benzene rings is 2.